The van der Waals surface area contributed by atoms with E-state index >= 15 is 0 Å². The summed E-state index contributed by atoms with van der Waals surface area (Å²) in [5, 5.41) is 4.46. The van der Waals surface area contributed by atoms with E-state index in [1.807, 2.05) is 10.8 Å². The van der Waals surface area contributed by atoms with Gasteiger partial charge in [-0.25, -0.2) is 4.98 Å². The zero-order chi connectivity index (χ0) is 12.5. The summed E-state index contributed by atoms with van der Waals surface area (Å²) in [6, 6.07) is 3.56. The van der Waals surface area contributed by atoms with Crippen molar-refractivity contribution in [3.8, 4) is 0 Å². The molecule has 2 aromatic heterocycles. The van der Waals surface area contributed by atoms with Crippen LogP contribution >= 0.6 is 0 Å². The van der Waals surface area contributed by atoms with Gasteiger partial charge in [-0.05, 0) is 38.0 Å². The van der Waals surface area contributed by atoms with Crippen LogP contribution in [0, 0.1) is 6.92 Å². The van der Waals surface area contributed by atoms with Gasteiger partial charge in [-0.1, -0.05) is 0 Å². The van der Waals surface area contributed by atoms with Crippen molar-refractivity contribution in [1.82, 2.24) is 19.7 Å². The highest BCUT2D eigenvalue weighted by molar-refractivity contribution is 5.64. The summed E-state index contributed by atoms with van der Waals surface area (Å²) in [5.74, 6) is 0.563. The Labute approximate surface area is 104 Å². The number of hydrogen-bond acceptors (Lipinski definition) is 3. The lowest BCUT2D eigenvalue weighted by molar-refractivity contribution is 0.655. The third-order valence-electron chi connectivity index (χ3n) is 2.99. The molecule has 2 aromatic rings. The highest BCUT2D eigenvalue weighted by atomic mass is 16.1. The van der Waals surface area contributed by atoms with E-state index in [1.54, 1.807) is 13.0 Å². The summed E-state index contributed by atoms with van der Waals surface area (Å²) >= 11 is 0. The summed E-state index contributed by atoms with van der Waals surface area (Å²) in [5.41, 5.74) is 2.77. The Hall–Kier alpha value is -2.17. The third kappa shape index (κ3) is 2.11. The van der Waals surface area contributed by atoms with Crippen molar-refractivity contribution in [3.63, 3.8) is 0 Å². The lowest BCUT2D eigenvalue weighted by atomic mass is 10.2. The van der Waals surface area contributed by atoms with Gasteiger partial charge in [0, 0.05) is 24.0 Å². The first-order chi connectivity index (χ1) is 8.70. The van der Waals surface area contributed by atoms with Gasteiger partial charge in [-0.3, -0.25) is 9.48 Å². The first-order valence-electron chi connectivity index (χ1n) is 6.03. The van der Waals surface area contributed by atoms with Gasteiger partial charge in [0.25, 0.3) is 5.56 Å². The number of hydrogen-bond donors (Lipinski definition) is 1. The van der Waals surface area contributed by atoms with Gasteiger partial charge in [0.05, 0.1) is 5.69 Å². The Morgan fingerprint density at radius 3 is 3.06 bits per heavy atom. The van der Waals surface area contributed by atoms with E-state index in [4.69, 9.17) is 0 Å². The highest BCUT2D eigenvalue weighted by Gasteiger charge is 2.11. The molecule has 1 N–H and O–H groups in total. The van der Waals surface area contributed by atoms with Crippen LogP contribution in [0.25, 0.3) is 12.2 Å². The summed E-state index contributed by atoms with van der Waals surface area (Å²) in [4.78, 5) is 18.2. The van der Waals surface area contributed by atoms with Gasteiger partial charge >= 0.3 is 0 Å². The molecule has 0 bridgehead atoms. The number of aromatic nitrogens is 4. The molecular weight excluding hydrogens is 228 g/mol. The number of H-pyrrole nitrogens is 1. The summed E-state index contributed by atoms with van der Waals surface area (Å²) in [6.45, 7) is 2.81. The predicted molar refractivity (Wildman–Crippen MR) is 69.1 cm³/mol. The first-order valence-corrected chi connectivity index (χ1v) is 6.03. The van der Waals surface area contributed by atoms with Gasteiger partial charge in [0.15, 0.2) is 0 Å². The van der Waals surface area contributed by atoms with Crippen molar-refractivity contribution in [2.24, 2.45) is 0 Å². The zero-order valence-corrected chi connectivity index (χ0v) is 10.2. The molecule has 0 fully saturated rings. The minimum Gasteiger partial charge on any atom is -0.307 e. The molecule has 0 unspecified atom stereocenters. The number of fused-ring (bicyclic) bond motifs is 1. The maximum Gasteiger partial charge on any atom is 0.251 e. The van der Waals surface area contributed by atoms with E-state index in [2.05, 4.69) is 21.1 Å². The smallest absolute Gasteiger partial charge is 0.251 e. The maximum absolute atomic E-state index is 11.3. The SMILES string of the molecule is Cc1cc(=O)[nH]c(/C=C/c2cc3n(n2)CCC3)n1. The molecule has 0 saturated heterocycles. The van der Waals surface area contributed by atoms with Crippen molar-refractivity contribution < 1.29 is 0 Å². The molecule has 0 atom stereocenters. The number of nitrogens with one attached hydrogen (secondary N) is 1. The molecule has 5 nitrogen and oxygen atoms in total. The van der Waals surface area contributed by atoms with E-state index in [9.17, 15) is 4.79 Å². The second kappa shape index (κ2) is 4.25. The van der Waals surface area contributed by atoms with Crippen molar-refractivity contribution >= 4 is 12.2 Å². The van der Waals surface area contributed by atoms with Crippen LogP contribution in [0.5, 0.6) is 0 Å². The van der Waals surface area contributed by atoms with E-state index in [0.717, 1.165) is 18.7 Å². The molecule has 0 saturated carbocycles. The molecule has 3 rings (SSSR count). The van der Waals surface area contributed by atoms with E-state index in [0.29, 0.717) is 11.5 Å². The number of aromatic amines is 1. The Morgan fingerprint density at radius 1 is 1.39 bits per heavy atom. The minimum atomic E-state index is -0.130. The molecule has 0 aliphatic carbocycles. The van der Waals surface area contributed by atoms with Crippen LogP contribution in [0.1, 0.15) is 29.3 Å². The van der Waals surface area contributed by atoms with Crippen LogP contribution in [-0.4, -0.2) is 19.7 Å². The van der Waals surface area contributed by atoms with Crippen molar-refractivity contribution in [3.05, 3.63) is 45.4 Å². The monoisotopic (exact) mass is 242 g/mol. The molecule has 1 aliphatic rings. The summed E-state index contributed by atoms with van der Waals surface area (Å²) in [7, 11) is 0. The molecule has 5 heteroatoms. The maximum atomic E-state index is 11.3. The van der Waals surface area contributed by atoms with Crippen LogP contribution in [0.15, 0.2) is 16.9 Å². The summed E-state index contributed by atoms with van der Waals surface area (Å²) < 4.78 is 2.03. The average molecular weight is 242 g/mol. The summed E-state index contributed by atoms with van der Waals surface area (Å²) in [6.07, 6.45) is 5.94. The van der Waals surface area contributed by atoms with Crippen LogP contribution in [0.4, 0.5) is 0 Å². The molecule has 0 radical (unpaired) electrons. The molecule has 92 valence electrons. The van der Waals surface area contributed by atoms with E-state index in [1.165, 1.54) is 18.2 Å². The molecule has 0 amide bonds. The second-order valence-corrected chi connectivity index (χ2v) is 4.49. The van der Waals surface area contributed by atoms with Crippen LogP contribution < -0.4 is 5.56 Å². The largest absolute Gasteiger partial charge is 0.307 e. The van der Waals surface area contributed by atoms with Crippen LogP contribution in [0.3, 0.4) is 0 Å². The van der Waals surface area contributed by atoms with Gasteiger partial charge < -0.3 is 4.98 Å². The van der Waals surface area contributed by atoms with Gasteiger partial charge in [0.2, 0.25) is 0 Å². The van der Waals surface area contributed by atoms with E-state index in [-0.39, 0.29) is 5.56 Å². The fourth-order valence-corrected chi connectivity index (χ4v) is 2.21. The minimum absolute atomic E-state index is 0.130. The van der Waals surface area contributed by atoms with Crippen LogP contribution in [-0.2, 0) is 13.0 Å². The molecule has 1 aliphatic heterocycles. The van der Waals surface area contributed by atoms with Crippen molar-refractivity contribution in [2.75, 3.05) is 0 Å². The van der Waals surface area contributed by atoms with Gasteiger partial charge in [-0.2, -0.15) is 5.10 Å². The van der Waals surface area contributed by atoms with Crippen molar-refractivity contribution in [2.45, 2.75) is 26.3 Å². The van der Waals surface area contributed by atoms with Crippen molar-refractivity contribution in [1.29, 1.82) is 0 Å². The second-order valence-electron chi connectivity index (χ2n) is 4.49. The Kier molecular flexibility index (Phi) is 2.59. The number of aryl methyl sites for hydroxylation is 3. The lowest BCUT2D eigenvalue weighted by Gasteiger charge is -1.94. The fraction of sp³-hybridized carbons (Fsp3) is 0.308. The molecule has 18 heavy (non-hydrogen) atoms. The topological polar surface area (TPSA) is 63.6 Å². The Bertz CT molecular complexity index is 644. The highest BCUT2D eigenvalue weighted by Crippen LogP contribution is 2.16. The first kappa shape index (κ1) is 11.0. The van der Waals surface area contributed by atoms with Gasteiger partial charge in [-0.15, -0.1) is 0 Å². The lowest BCUT2D eigenvalue weighted by Crippen LogP contribution is -2.08. The number of rotatable bonds is 2. The quantitative estimate of drug-likeness (QED) is 0.865. The van der Waals surface area contributed by atoms with Gasteiger partial charge in [0.1, 0.15) is 5.82 Å². The third-order valence-corrected chi connectivity index (χ3v) is 2.99. The number of nitrogens with zero attached hydrogens (tertiary/aromatic N) is 3. The fourth-order valence-electron chi connectivity index (χ4n) is 2.21. The molecule has 3 heterocycles. The molecule has 0 aromatic carbocycles. The Balaban J connectivity index is 1.86. The van der Waals surface area contributed by atoms with E-state index < -0.39 is 0 Å². The zero-order valence-electron chi connectivity index (χ0n) is 10.2. The molecular formula is C13H14N4O. The molecule has 0 spiro atoms. The normalized spacial score (nSPS) is 14.3. The Morgan fingerprint density at radius 2 is 2.28 bits per heavy atom. The predicted octanol–water partition coefficient (Wildman–Crippen LogP) is 1.39. The van der Waals surface area contributed by atoms with Crippen LogP contribution in [0.2, 0.25) is 0 Å². The average Bonchev–Trinajstić information content (AvgIpc) is 2.84. The standard InChI is InChI=1S/C13H14N4O/c1-9-7-13(18)15-12(14-9)5-4-10-8-11-3-2-6-17(11)16-10/h4-5,7-8H,2-3,6H2,1H3,(H,14,15,18)/b5-4+.